The van der Waals surface area contributed by atoms with Crippen molar-refractivity contribution in [1.29, 1.82) is 0 Å². The number of nitrogens with zero attached hydrogens (tertiary/aromatic N) is 1. The Hall–Kier alpha value is -3.87. The second-order valence-corrected chi connectivity index (χ2v) is 7.54. The first-order chi connectivity index (χ1) is 14.6. The number of anilines is 2. The van der Waals surface area contributed by atoms with E-state index in [1.807, 2.05) is 36.4 Å². The third-order valence-corrected chi connectivity index (χ3v) is 5.69. The minimum absolute atomic E-state index is 0.00182. The Morgan fingerprint density at radius 1 is 1.00 bits per heavy atom. The van der Waals surface area contributed by atoms with E-state index in [-0.39, 0.29) is 23.8 Å². The van der Waals surface area contributed by atoms with Gasteiger partial charge in [-0.25, -0.2) is 0 Å². The molecule has 3 aromatic rings. The molecule has 0 fully saturated rings. The molecule has 7 nitrogen and oxygen atoms in total. The molecule has 0 spiro atoms. The number of allylic oxidation sites excluding steroid dienone is 1. The normalized spacial score (nSPS) is 20.5. The van der Waals surface area contributed by atoms with Gasteiger partial charge in [-0.15, -0.1) is 0 Å². The maximum Gasteiger partial charge on any atom is 0.269 e. The Labute approximate surface area is 172 Å². The molecule has 0 bridgehead atoms. The average Bonchev–Trinajstić information content (AvgIpc) is 3.22. The third-order valence-electron chi connectivity index (χ3n) is 5.69. The zero-order valence-corrected chi connectivity index (χ0v) is 16.0. The number of carbonyl (C=O) groups excluding carboxylic acids is 1. The van der Waals surface area contributed by atoms with Crippen LogP contribution in [-0.4, -0.2) is 10.7 Å². The molecule has 1 aliphatic carbocycles. The SMILES string of the molecule is O=C1C[C@@H](c2cccc([N+](=O)[O-])c2)CC2=C1[C@@H](c1ccco1)Nc1ccccc1N2. The van der Waals surface area contributed by atoms with Crippen molar-refractivity contribution in [2.75, 3.05) is 10.6 Å². The molecule has 2 heterocycles. The summed E-state index contributed by atoms with van der Waals surface area (Å²) in [6, 6.07) is 17.6. The fraction of sp³-hybridized carbons (Fsp3) is 0.174. The van der Waals surface area contributed by atoms with Gasteiger partial charge in [-0.05, 0) is 42.2 Å². The van der Waals surface area contributed by atoms with E-state index in [4.69, 9.17) is 4.42 Å². The molecule has 1 aliphatic heterocycles. The van der Waals surface area contributed by atoms with Crippen LogP contribution in [0.5, 0.6) is 0 Å². The third kappa shape index (κ3) is 3.14. The van der Waals surface area contributed by atoms with Crippen LogP contribution in [0.3, 0.4) is 0 Å². The lowest BCUT2D eigenvalue weighted by molar-refractivity contribution is -0.384. The van der Waals surface area contributed by atoms with Crippen LogP contribution in [0.1, 0.15) is 36.1 Å². The van der Waals surface area contributed by atoms with Gasteiger partial charge in [0, 0.05) is 29.8 Å². The van der Waals surface area contributed by atoms with Gasteiger partial charge >= 0.3 is 0 Å². The van der Waals surface area contributed by atoms with Gasteiger partial charge in [-0.1, -0.05) is 24.3 Å². The molecule has 1 aromatic heterocycles. The zero-order valence-electron chi connectivity index (χ0n) is 16.0. The van der Waals surface area contributed by atoms with Gasteiger partial charge in [0.25, 0.3) is 5.69 Å². The molecule has 2 atom stereocenters. The van der Waals surface area contributed by atoms with E-state index in [1.54, 1.807) is 24.5 Å². The summed E-state index contributed by atoms with van der Waals surface area (Å²) in [4.78, 5) is 24.1. The van der Waals surface area contributed by atoms with Crippen LogP contribution in [0, 0.1) is 10.1 Å². The van der Waals surface area contributed by atoms with E-state index >= 15 is 0 Å². The first kappa shape index (κ1) is 18.2. The monoisotopic (exact) mass is 401 g/mol. The lowest BCUT2D eigenvalue weighted by Gasteiger charge is -2.28. The summed E-state index contributed by atoms with van der Waals surface area (Å²) in [5.41, 5.74) is 4.07. The number of non-ortho nitro benzene ring substituents is 1. The van der Waals surface area contributed by atoms with E-state index in [9.17, 15) is 14.9 Å². The molecule has 150 valence electrons. The van der Waals surface area contributed by atoms with Gasteiger partial charge in [-0.2, -0.15) is 0 Å². The topological polar surface area (TPSA) is 97.4 Å². The van der Waals surface area contributed by atoms with E-state index in [1.165, 1.54) is 6.07 Å². The molecule has 30 heavy (non-hydrogen) atoms. The largest absolute Gasteiger partial charge is 0.467 e. The van der Waals surface area contributed by atoms with Crippen molar-refractivity contribution in [2.24, 2.45) is 0 Å². The van der Waals surface area contributed by atoms with Crippen molar-refractivity contribution < 1.29 is 14.1 Å². The number of fused-ring (bicyclic) bond motifs is 1. The molecule has 0 saturated heterocycles. The summed E-state index contributed by atoms with van der Waals surface area (Å²) in [5.74, 6) is 0.538. The molecule has 2 aliphatic rings. The highest BCUT2D eigenvalue weighted by Gasteiger charge is 2.37. The van der Waals surface area contributed by atoms with Crippen LogP contribution in [0.2, 0.25) is 0 Å². The van der Waals surface area contributed by atoms with Gasteiger partial charge in [0.1, 0.15) is 11.8 Å². The number of hydrogen-bond donors (Lipinski definition) is 2. The number of rotatable bonds is 3. The number of ketones is 1. The number of nitro groups is 1. The van der Waals surface area contributed by atoms with Crippen molar-refractivity contribution in [2.45, 2.75) is 24.8 Å². The zero-order chi connectivity index (χ0) is 20.7. The van der Waals surface area contributed by atoms with Crippen LogP contribution >= 0.6 is 0 Å². The van der Waals surface area contributed by atoms with Crippen LogP contribution in [0.15, 0.2) is 82.6 Å². The van der Waals surface area contributed by atoms with Crippen LogP contribution in [0.25, 0.3) is 0 Å². The van der Waals surface area contributed by atoms with Crippen molar-refractivity contribution in [1.82, 2.24) is 0 Å². The van der Waals surface area contributed by atoms with Crippen molar-refractivity contribution in [3.05, 3.63) is 99.6 Å². The minimum Gasteiger partial charge on any atom is -0.467 e. The summed E-state index contributed by atoms with van der Waals surface area (Å²) in [5, 5.41) is 18.1. The van der Waals surface area contributed by atoms with Gasteiger partial charge in [0.15, 0.2) is 5.78 Å². The molecule has 2 N–H and O–H groups in total. The van der Waals surface area contributed by atoms with Crippen LogP contribution < -0.4 is 10.6 Å². The van der Waals surface area contributed by atoms with Crippen molar-refractivity contribution in [3.63, 3.8) is 0 Å². The molecule has 0 amide bonds. The Morgan fingerprint density at radius 2 is 1.83 bits per heavy atom. The van der Waals surface area contributed by atoms with E-state index in [0.717, 1.165) is 22.6 Å². The molecule has 7 heteroatoms. The number of benzene rings is 2. The highest BCUT2D eigenvalue weighted by molar-refractivity contribution is 6.01. The molecule has 5 rings (SSSR count). The summed E-state index contributed by atoms with van der Waals surface area (Å²) >= 11 is 0. The van der Waals surface area contributed by atoms with Gasteiger partial charge in [0.05, 0.1) is 22.6 Å². The molecular formula is C23H19N3O4. The fourth-order valence-corrected chi connectivity index (χ4v) is 4.29. The Kier molecular flexibility index (Phi) is 4.35. The highest BCUT2D eigenvalue weighted by Crippen LogP contribution is 2.44. The van der Waals surface area contributed by atoms with Crippen molar-refractivity contribution in [3.8, 4) is 0 Å². The van der Waals surface area contributed by atoms with E-state index in [2.05, 4.69) is 10.6 Å². The summed E-state index contributed by atoms with van der Waals surface area (Å²) in [7, 11) is 0. The predicted octanol–water partition coefficient (Wildman–Crippen LogP) is 5.17. The molecular weight excluding hydrogens is 382 g/mol. The Bertz CT molecular complexity index is 1170. The van der Waals surface area contributed by atoms with Gasteiger partial charge in [0.2, 0.25) is 0 Å². The number of carbonyl (C=O) groups is 1. The smallest absolute Gasteiger partial charge is 0.269 e. The van der Waals surface area contributed by atoms with Gasteiger partial charge in [-0.3, -0.25) is 14.9 Å². The number of furan rings is 1. The number of Topliss-reactive ketones (excluding diaryl/α,β-unsaturated/α-hetero) is 1. The molecule has 0 radical (unpaired) electrons. The quantitative estimate of drug-likeness (QED) is 0.464. The molecule has 2 aromatic carbocycles. The van der Waals surface area contributed by atoms with Crippen LogP contribution in [-0.2, 0) is 4.79 Å². The van der Waals surface area contributed by atoms with E-state index < -0.39 is 11.0 Å². The lowest BCUT2D eigenvalue weighted by Crippen LogP contribution is -2.26. The number of para-hydroxylation sites is 2. The number of nitro benzene ring substituents is 1. The fourth-order valence-electron chi connectivity index (χ4n) is 4.29. The summed E-state index contributed by atoms with van der Waals surface area (Å²) < 4.78 is 5.64. The van der Waals surface area contributed by atoms with E-state index in [0.29, 0.717) is 17.8 Å². The first-order valence-electron chi connectivity index (χ1n) is 9.77. The van der Waals surface area contributed by atoms with Crippen molar-refractivity contribution >= 4 is 22.8 Å². The lowest BCUT2D eigenvalue weighted by atomic mass is 9.79. The second-order valence-electron chi connectivity index (χ2n) is 7.54. The Morgan fingerprint density at radius 3 is 2.60 bits per heavy atom. The maximum atomic E-state index is 13.3. The minimum atomic E-state index is -0.407. The number of nitrogens with one attached hydrogen (secondary N) is 2. The van der Waals surface area contributed by atoms with Crippen LogP contribution in [0.4, 0.5) is 17.1 Å². The predicted molar refractivity (Wildman–Crippen MR) is 112 cm³/mol. The van der Waals surface area contributed by atoms with Gasteiger partial charge < -0.3 is 15.1 Å². The standard InChI is InChI=1S/C23H19N3O4/c27-20-13-15(14-5-3-6-16(11-14)26(28)29)12-19-22(20)23(21-9-4-10-30-21)25-18-8-2-1-7-17(18)24-19/h1-11,15,23-25H,12-13H2/t15-,23+/m0/s1. The molecule has 0 unspecified atom stereocenters. The summed E-state index contributed by atoms with van der Waals surface area (Å²) in [6.45, 7) is 0. The average molecular weight is 401 g/mol. The summed E-state index contributed by atoms with van der Waals surface area (Å²) in [6.07, 6.45) is 2.47. The maximum absolute atomic E-state index is 13.3. The highest BCUT2D eigenvalue weighted by atomic mass is 16.6. The number of hydrogen-bond acceptors (Lipinski definition) is 6. The first-order valence-corrected chi connectivity index (χ1v) is 9.77. The Balaban J connectivity index is 1.58. The molecule has 0 saturated carbocycles. The second kappa shape index (κ2) is 7.18.